The first-order valence-corrected chi connectivity index (χ1v) is 6.52. The van der Waals surface area contributed by atoms with Gasteiger partial charge in [0.2, 0.25) is 0 Å². The van der Waals surface area contributed by atoms with Crippen LogP contribution in [0.15, 0.2) is 18.2 Å². The van der Waals surface area contributed by atoms with Gasteiger partial charge in [0, 0.05) is 6.04 Å². The van der Waals surface area contributed by atoms with Crippen molar-refractivity contribution in [3.8, 4) is 0 Å². The average molecular weight is 312 g/mol. The monoisotopic (exact) mass is 311 g/mol. The van der Waals surface area contributed by atoms with Crippen molar-refractivity contribution in [3.05, 3.63) is 35.1 Å². The minimum absolute atomic E-state index is 0. The minimum atomic E-state index is -4.70. The zero-order chi connectivity index (χ0) is 14.0. The molecule has 0 aromatic heterocycles. The van der Waals surface area contributed by atoms with Crippen LogP contribution < -0.4 is 5.73 Å². The van der Waals surface area contributed by atoms with Crippen LogP contribution in [0.1, 0.15) is 49.3 Å². The lowest BCUT2D eigenvalue weighted by Gasteiger charge is -2.29. The lowest BCUT2D eigenvalue weighted by Crippen LogP contribution is -2.27. The summed E-state index contributed by atoms with van der Waals surface area (Å²) in [6.45, 7) is 0. The van der Waals surface area contributed by atoms with Gasteiger partial charge in [0.1, 0.15) is 5.82 Å². The van der Waals surface area contributed by atoms with Gasteiger partial charge in [0.25, 0.3) is 0 Å². The number of hydrogen-bond acceptors (Lipinski definition) is 1. The first-order valence-electron chi connectivity index (χ1n) is 6.52. The molecule has 0 heterocycles. The topological polar surface area (TPSA) is 26.0 Å². The normalized spacial score (nSPS) is 18.4. The quantitative estimate of drug-likeness (QED) is 0.777. The van der Waals surface area contributed by atoms with E-state index in [1.54, 1.807) is 0 Å². The number of benzene rings is 1. The third kappa shape index (κ3) is 3.64. The van der Waals surface area contributed by atoms with Crippen LogP contribution in [0.2, 0.25) is 0 Å². The van der Waals surface area contributed by atoms with Crippen molar-refractivity contribution in [1.82, 2.24) is 0 Å². The summed E-state index contributed by atoms with van der Waals surface area (Å²) in [7, 11) is 0. The molecule has 1 nitrogen and oxygen atoms in total. The van der Waals surface area contributed by atoms with E-state index in [0.717, 1.165) is 38.2 Å². The summed E-state index contributed by atoms with van der Waals surface area (Å²) in [5.41, 5.74) is 4.66. The van der Waals surface area contributed by atoms with E-state index in [2.05, 4.69) is 0 Å². The summed E-state index contributed by atoms with van der Waals surface area (Å²) in [6, 6.07) is 2.68. The zero-order valence-electron chi connectivity index (χ0n) is 10.9. The Morgan fingerprint density at radius 2 is 1.70 bits per heavy atom. The van der Waals surface area contributed by atoms with Crippen LogP contribution in [0.4, 0.5) is 17.6 Å². The third-order valence-corrected chi connectivity index (χ3v) is 3.85. The number of halogens is 5. The molecule has 1 aliphatic rings. The predicted molar refractivity (Wildman–Crippen MR) is 72.2 cm³/mol. The van der Waals surface area contributed by atoms with Crippen molar-refractivity contribution in [3.63, 3.8) is 0 Å². The summed E-state index contributed by atoms with van der Waals surface area (Å²) < 4.78 is 52.3. The van der Waals surface area contributed by atoms with Gasteiger partial charge in [-0.15, -0.1) is 12.4 Å². The molecule has 0 unspecified atom stereocenters. The van der Waals surface area contributed by atoms with E-state index in [1.165, 1.54) is 12.1 Å². The molecule has 2 rings (SSSR count). The fraction of sp³-hybridized carbons (Fsp3) is 0.571. The Hall–Kier alpha value is -0.810. The van der Waals surface area contributed by atoms with Gasteiger partial charge in [-0.1, -0.05) is 31.4 Å². The molecule has 1 atom stereocenters. The average Bonchev–Trinajstić information content (AvgIpc) is 2.37. The molecule has 114 valence electrons. The van der Waals surface area contributed by atoms with Crippen LogP contribution >= 0.6 is 12.4 Å². The summed E-state index contributed by atoms with van der Waals surface area (Å²) >= 11 is 0. The second-order valence-electron chi connectivity index (χ2n) is 5.13. The highest BCUT2D eigenvalue weighted by molar-refractivity contribution is 5.85. The fourth-order valence-corrected chi connectivity index (χ4v) is 2.86. The Bertz CT molecular complexity index is 441. The maximum Gasteiger partial charge on any atom is 0.419 e. The summed E-state index contributed by atoms with van der Waals surface area (Å²) in [5, 5.41) is 0. The number of nitrogens with two attached hydrogens (primary N) is 1. The van der Waals surface area contributed by atoms with Crippen molar-refractivity contribution >= 4 is 12.4 Å². The van der Waals surface area contributed by atoms with E-state index < -0.39 is 23.6 Å². The number of hydrogen-bond donors (Lipinski definition) is 1. The highest BCUT2D eigenvalue weighted by Gasteiger charge is 2.39. The van der Waals surface area contributed by atoms with Crippen LogP contribution in [-0.4, -0.2) is 0 Å². The fourth-order valence-electron chi connectivity index (χ4n) is 2.86. The van der Waals surface area contributed by atoms with Crippen molar-refractivity contribution < 1.29 is 17.6 Å². The second kappa shape index (κ2) is 6.76. The molecule has 0 saturated heterocycles. The lowest BCUT2D eigenvalue weighted by atomic mass is 9.80. The zero-order valence-corrected chi connectivity index (χ0v) is 11.7. The smallest absolute Gasteiger partial charge is 0.324 e. The maximum absolute atomic E-state index is 13.5. The van der Waals surface area contributed by atoms with Gasteiger partial charge < -0.3 is 5.73 Å². The largest absolute Gasteiger partial charge is 0.419 e. The number of rotatable bonds is 2. The van der Waals surface area contributed by atoms with Crippen LogP contribution in [0.3, 0.4) is 0 Å². The Morgan fingerprint density at radius 3 is 2.25 bits per heavy atom. The molecule has 6 heteroatoms. The summed E-state index contributed by atoms with van der Waals surface area (Å²) in [4.78, 5) is 0. The predicted octanol–water partition coefficient (Wildman–Crippen LogP) is 4.85. The molecule has 1 aliphatic carbocycles. The highest BCUT2D eigenvalue weighted by Crippen LogP contribution is 2.40. The van der Waals surface area contributed by atoms with E-state index in [0.29, 0.717) is 0 Å². The molecule has 20 heavy (non-hydrogen) atoms. The summed E-state index contributed by atoms with van der Waals surface area (Å²) in [6.07, 6.45) is -0.0144. The van der Waals surface area contributed by atoms with Crippen LogP contribution in [0.5, 0.6) is 0 Å². The molecule has 1 aromatic carbocycles. The minimum Gasteiger partial charge on any atom is -0.324 e. The molecule has 0 radical (unpaired) electrons. The lowest BCUT2D eigenvalue weighted by molar-refractivity contribution is -0.141. The molecule has 1 saturated carbocycles. The first kappa shape index (κ1) is 17.2. The van der Waals surface area contributed by atoms with Crippen molar-refractivity contribution in [2.24, 2.45) is 11.7 Å². The number of alkyl halides is 3. The molecule has 0 amide bonds. The van der Waals surface area contributed by atoms with Gasteiger partial charge in [-0.05, 0) is 30.4 Å². The Kier molecular flexibility index (Phi) is 5.83. The molecule has 1 fully saturated rings. The Balaban J connectivity index is 0.00000200. The second-order valence-corrected chi connectivity index (χ2v) is 5.13. The van der Waals surface area contributed by atoms with Crippen LogP contribution in [-0.2, 0) is 6.18 Å². The molecule has 0 aliphatic heterocycles. The molecular weight excluding hydrogens is 294 g/mol. The van der Waals surface area contributed by atoms with E-state index in [9.17, 15) is 17.6 Å². The first-order chi connectivity index (χ1) is 8.91. The standard InChI is InChI=1S/C14H17F4N.ClH/c15-11-8-4-7-10(12(11)14(16,17)18)13(19)9-5-2-1-3-6-9;/h4,7-9,13H,1-3,5-6,19H2;1H/t13-;/m0./s1. The molecular formula is C14H18ClF4N. The maximum atomic E-state index is 13.5. The van der Waals surface area contributed by atoms with Gasteiger partial charge >= 0.3 is 6.18 Å². The van der Waals surface area contributed by atoms with Crippen molar-refractivity contribution in [2.75, 3.05) is 0 Å². The van der Waals surface area contributed by atoms with Gasteiger partial charge in [-0.3, -0.25) is 0 Å². The Morgan fingerprint density at radius 1 is 1.10 bits per heavy atom. The van der Waals surface area contributed by atoms with Gasteiger partial charge in [0.15, 0.2) is 0 Å². The van der Waals surface area contributed by atoms with Crippen molar-refractivity contribution in [2.45, 2.75) is 44.3 Å². The summed E-state index contributed by atoms with van der Waals surface area (Å²) in [5.74, 6) is -1.23. The Labute approximate surface area is 122 Å². The van der Waals surface area contributed by atoms with Gasteiger partial charge in [0.05, 0.1) is 5.56 Å². The van der Waals surface area contributed by atoms with Gasteiger partial charge in [-0.25, -0.2) is 4.39 Å². The third-order valence-electron chi connectivity index (χ3n) is 3.85. The van der Waals surface area contributed by atoms with E-state index in [4.69, 9.17) is 5.73 Å². The SMILES string of the molecule is Cl.N[C@H](c1cccc(F)c1C(F)(F)F)C1CCCCC1. The van der Waals surface area contributed by atoms with Crippen molar-refractivity contribution in [1.29, 1.82) is 0 Å². The van der Waals surface area contributed by atoms with E-state index in [-0.39, 0.29) is 23.9 Å². The van der Waals surface area contributed by atoms with E-state index in [1.807, 2.05) is 0 Å². The van der Waals surface area contributed by atoms with Crippen LogP contribution in [0, 0.1) is 11.7 Å². The van der Waals surface area contributed by atoms with E-state index >= 15 is 0 Å². The van der Waals surface area contributed by atoms with Gasteiger partial charge in [-0.2, -0.15) is 13.2 Å². The molecule has 1 aromatic rings. The molecule has 2 N–H and O–H groups in total. The molecule has 0 bridgehead atoms. The molecule has 0 spiro atoms. The van der Waals surface area contributed by atoms with Crippen LogP contribution in [0.25, 0.3) is 0 Å². The highest BCUT2D eigenvalue weighted by atomic mass is 35.5.